The minimum atomic E-state index is -3.58. The van der Waals surface area contributed by atoms with Crippen molar-refractivity contribution in [3.8, 4) is 0 Å². The van der Waals surface area contributed by atoms with Crippen molar-refractivity contribution >= 4 is 10.0 Å². The van der Waals surface area contributed by atoms with Gasteiger partial charge in [0.25, 0.3) is 0 Å². The van der Waals surface area contributed by atoms with E-state index < -0.39 is 15.6 Å². The highest BCUT2D eigenvalue weighted by Gasteiger charge is 2.25. The van der Waals surface area contributed by atoms with E-state index in [1.165, 1.54) is 0 Å². The first-order valence-electron chi connectivity index (χ1n) is 7.35. The monoisotopic (exact) mass is 313 g/mol. The lowest BCUT2D eigenvalue weighted by Crippen LogP contribution is -2.41. The summed E-state index contributed by atoms with van der Waals surface area (Å²) in [6.45, 7) is 9.77. The standard InChI is InChI=1S/C16H27NO3S/c1-12(2)10-16(5,18)11-17-21(19,20)15-8-6-14(7-9-15)13(3)4/h6-9,12-13,17-18H,10-11H2,1-5H3. The molecule has 0 aliphatic heterocycles. The van der Waals surface area contributed by atoms with Crippen LogP contribution in [0.15, 0.2) is 29.2 Å². The molecule has 4 nitrogen and oxygen atoms in total. The van der Waals surface area contributed by atoms with Crippen molar-refractivity contribution in [2.45, 2.75) is 57.5 Å². The maximum atomic E-state index is 12.2. The van der Waals surface area contributed by atoms with Crippen molar-refractivity contribution in [2.75, 3.05) is 6.54 Å². The minimum Gasteiger partial charge on any atom is -0.389 e. The molecule has 21 heavy (non-hydrogen) atoms. The first-order chi connectivity index (χ1) is 9.53. The molecule has 0 spiro atoms. The third-order valence-corrected chi connectivity index (χ3v) is 4.77. The highest BCUT2D eigenvalue weighted by atomic mass is 32.2. The van der Waals surface area contributed by atoms with Gasteiger partial charge in [-0.3, -0.25) is 0 Å². The summed E-state index contributed by atoms with van der Waals surface area (Å²) in [5.41, 5.74) is 0.0554. The summed E-state index contributed by atoms with van der Waals surface area (Å²) in [4.78, 5) is 0.229. The van der Waals surface area contributed by atoms with Gasteiger partial charge in [0.05, 0.1) is 10.5 Å². The van der Waals surface area contributed by atoms with E-state index in [9.17, 15) is 13.5 Å². The normalized spacial score (nSPS) is 15.4. The second kappa shape index (κ2) is 6.90. The molecule has 0 heterocycles. The third-order valence-electron chi connectivity index (χ3n) is 3.35. The summed E-state index contributed by atoms with van der Waals surface area (Å²) >= 11 is 0. The molecule has 0 amide bonds. The predicted octanol–water partition coefficient (Wildman–Crippen LogP) is 2.89. The average molecular weight is 313 g/mol. The first kappa shape index (κ1) is 18.1. The molecule has 5 heteroatoms. The molecule has 0 aliphatic carbocycles. The Kier molecular flexibility index (Phi) is 5.96. The van der Waals surface area contributed by atoms with Gasteiger partial charge in [0.1, 0.15) is 0 Å². The second-order valence-corrected chi connectivity index (χ2v) is 8.41. The maximum Gasteiger partial charge on any atom is 0.240 e. The van der Waals surface area contributed by atoms with Gasteiger partial charge in [0.15, 0.2) is 0 Å². The fourth-order valence-corrected chi connectivity index (χ4v) is 3.48. The lowest BCUT2D eigenvalue weighted by atomic mass is 9.95. The Morgan fingerprint density at radius 2 is 1.67 bits per heavy atom. The molecule has 0 bridgehead atoms. The number of rotatable bonds is 7. The number of hydrogen-bond donors (Lipinski definition) is 2. The van der Waals surface area contributed by atoms with Gasteiger partial charge in [-0.2, -0.15) is 0 Å². The quantitative estimate of drug-likeness (QED) is 0.813. The Hall–Kier alpha value is -0.910. The van der Waals surface area contributed by atoms with Crippen molar-refractivity contribution in [1.29, 1.82) is 0 Å². The van der Waals surface area contributed by atoms with Gasteiger partial charge in [-0.25, -0.2) is 13.1 Å². The molecule has 1 rings (SSSR count). The summed E-state index contributed by atoms with van der Waals surface area (Å²) < 4.78 is 26.9. The van der Waals surface area contributed by atoms with Crippen LogP contribution in [0.5, 0.6) is 0 Å². The van der Waals surface area contributed by atoms with E-state index in [1.54, 1.807) is 19.1 Å². The van der Waals surface area contributed by atoms with E-state index >= 15 is 0 Å². The van der Waals surface area contributed by atoms with Gasteiger partial charge in [-0.15, -0.1) is 0 Å². The summed E-state index contributed by atoms with van der Waals surface area (Å²) in [5, 5.41) is 10.2. The highest BCUT2D eigenvalue weighted by molar-refractivity contribution is 7.89. The Morgan fingerprint density at radius 1 is 1.14 bits per heavy atom. The third kappa shape index (κ3) is 5.77. The van der Waals surface area contributed by atoms with Crippen LogP contribution >= 0.6 is 0 Å². The zero-order chi connectivity index (χ0) is 16.3. The number of sulfonamides is 1. The van der Waals surface area contributed by atoms with Crippen LogP contribution in [0.4, 0.5) is 0 Å². The molecule has 1 atom stereocenters. The largest absolute Gasteiger partial charge is 0.389 e. The SMILES string of the molecule is CC(C)CC(C)(O)CNS(=O)(=O)c1ccc(C(C)C)cc1. The van der Waals surface area contributed by atoms with Crippen LogP contribution < -0.4 is 4.72 Å². The molecular formula is C16H27NO3S. The van der Waals surface area contributed by atoms with E-state index in [4.69, 9.17) is 0 Å². The van der Waals surface area contributed by atoms with E-state index in [-0.39, 0.29) is 11.4 Å². The summed E-state index contributed by atoms with van der Waals surface area (Å²) in [7, 11) is -3.58. The molecule has 0 saturated carbocycles. The number of aliphatic hydroxyl groups is 1. The van der Waals surface area contributed by atoms with E-state index in [0.29, 0.717) is 18.3 Å². The van der Waals surface area contributed by atoms with Gasteiger partial charge >= 0.3 is 0 Å². The van der Waals surface area contributed by atoms with Crippen LogP contribution in [0.25, 0.3) is 0 Å². The van der Waals surface area contributed by atoms with Gasteiger partial charge in [-0.05, 0) is 42.9 Å². The van der Waals surface area contributed by atoms with Crippen LogP contribution in [0.3, 0.4) is 0 Å². The fraction of sp³-hybridized carbons (Fsp3) is 0.625. The lowest BCUT2D eigenvalue weighted by Gasteiger charge is -2.25. The van der Waals surface area contributed by atoms with Crippen LogP contribution in [-0.2, 0) is 10.0 Å². The smallest absolute Gasteiger partial charge is 0.240 e. The first-order valence-corrected chi connectivity index (χ1v) is 8.84. The molecule has 1 aromatic carbocycles. The van der Waals surface area contributed by atoms with Crippen LogP contribution in [-0.4, -0.2) is 25.7 Å². The molecule has 1 unspecified atom stereocenters. The van der Waals surface area contributed by atoms with Crippen LogP contribution in [0.2, 0.25) is 0 Å². The minimum absolute atomic E-state index is 0.0133. The van der Waals surface area contributed by atoms with Crippen LogP contribution in [0.1, 0.15) is 52.5 Å². The Labute approximate surface area is 128 Å². The van der Waals surface area contributed by atoms with Crippen molar-refractivity contribution in [3.63, 3.8) is 0 Å². The molecule has 0 aliphatic rings. The Morgan fingerprint density at radius 3 is 2.10 bits per heavy atom. The van der Waals surface area contributed by atoms with E-state index in [2.05, 4.69) is 18.6 Å². The molecule has 0 radical (unpaired) electrons. The van der Waals surface area contributed by atoms with Crippen molar-refractivity contribution in [2.24, 2.45) is 5.92 Å². The fourth-order valence-electron chi connectivity index (χ4n) is 2.32. The molecule has 0 fully saturated rings. The van der Waals surface area contributed by atoms with Crippen molar-refractivity contribution in [1.82, 2.24) is 4.72 Å². The molecule has 0 saturated heterocycles. The molecule has 120 valence electrons. The lowest BCUT2D eigenvalue weighted by molar-refractivity contribution is 0.0437. The number of benzene rings is 1. The van der Waals surface area contributed by atoms with Crippen LogP contribution in [0, 0.1) is 5.92 Å². The summed E-state index contributed by atoms with van der Waals surface area (Å²) in [6.07, 6.45) is 0.543. The number of nitrogens with one attached hydrogen (secondary N) is 1. The maximum absolute atomic E-state index is 12.2. The van der Waals surface area contributed by atoms with Gasteiger partial charge in [0, 0.05) is 6.54 Å². The van der Waals surface area contributed by atoms with Gasteiger partial charge in [0.2, 0.25) is 10.0 Å². The summed E-state index contributed by atoms with van der Waals surface area (Å²) in [5.74, 6) is 0.663. The topological polar surface area (TPSA) is 66.4 Å². The molecule has 0 aromatic heterocycles. The van der Waals surface area contributed by atoms with Gasteiger partial charge in [-0.1, -0.05) is 39.8 Å². The molecular weight excluding hydrogens is 286 g/mol. The van der Waals surface area contributed by atoms with Crippen molar-refractivity contribution in [3.05, 3.63) is 29.8 Å². The van der Waals surface area contributed by atoms with E-state index in [0.717, 1.165) is 5.56 Å². The average Bonchev–Trinajstić information content (AvgIpc) is 2.35. The molecule has 1 aromatic rings. The zero-order valence-corrected chi connectivity index (χ0v) is 14.4. The Bertz CT molecular complexity index is 545. The zero-order valence-electron chi connectivity index (χ0n) is 13.6. The Balaban J connectivity index is 2.78. The second-order valence-electron chi connectivity index (χ2n) is 6.64. The number of hydrogen-bond acceptors (Lipinski definition) is 3. The van der Waals surface area contributed by atoms with E-state index in [1.807, 2.05) is 26.0 Å². The highest BCUT2D eigenvalue weighted by Crippen LogP contribution is 2.19. The molecule has 2 N–H and O–H groups in total. The summed E-state index contributed by atoms with van der Waals surface area (Å²) in [6, 6.07) is 6.86. The van der Waals surface area contributed by atoms with Gasteiger partial charge < -0.3 is 5.11 Å². The predicted molar refractivity (Wildman–Crippen MR) is 85.8 cm³/mol. The van der Waals surface area contributed by atoms with Crippen molar-refractivity contribution < 1.29 is 13.5 Å².